The lowest BCUT2D eigenvalue weighted by Crippen LogP contribution is -1.86. The van der Waals surface area contributed by atoms with Crippen molar-refractivity contribution in [2.24, 2.45) is 0 Å². The van der Waals surface area contributed by atoms with Gasteiger partial charge >= 0.3 is 0 Å². The highest BCUT2D eigenvalue weighted by molar-refractivity contribution is 6.30. The SMILES string of the molecule is CC1=Cc2c(cccc2-c2ccc(Cl)cc2)C1. The monoisotopic (exact) mass is 240 g/mol. The molecule has 0 unspecified atom stereocenters. The van der Waals surface area contributed by atoms with E-state index in [1.165, 1.54) is 27.8 Å². The first-order valence-corrected chi connectivity index (χ1v) is 6.17. The predicted octanol–water partition coefficient (Wildman–Crippen LogP) is 4.97. The number of fused-ring (bicyclic) bond motifs is 1. The van der Waals surface area contributed by atoms with Gasteiger partial charge in [-0.3, -0.25) is 0 Å². The molecule has 1 aliphatic carbocycles. The summed E-state index contributed by atoms with van der Waals surface area (Å²) in [7, 11) is 0. The van der Waals surface area contributed by atoms with E-state index in [-0.39, 0.29) is 0 Å². The summed E-state index contributed by atoms with van der Waals surface area (Å²) in [5, 5.41) is 0.785. The molecular weight excluding hydrogens is 228 g/mol. The van der Waals surface area contributed by atoms with Gasteiger partial charge in [0.05, 0.1) is 0 Å². The third-order valence-electron chi connectivity index (χ3n) is 3.21. The molecule has 0 aromatic heterocycles. The van der Waals surface area contributed by atoms with Gasteiger partial charge in [0.2, 0.25) is 0 Å². The number of rotatable bonds is 1. The van der Waals surface area contributed by atoms with Crippen molar-refractivity contribution in [2.45, 2.75) is 13.3 Å². The van der Waals surface area contributed by atoms with Gasteiger partial charge in [-0.25, -0.2) is 0 Å². The van der Waals surface area contributed by atoms with Crippen LogP contribution in [0.25, 0.3) is 17.2 Å². The molecule has 1 aliphatic rings. The van der Waals surface area contributed by atoms with Crippen LogP contribution in [0.2, 0.25) is 5.02 Å². The number of halogens is 1. The number of allylic oxidation sites excluding steroid dienone is 1. The molecule has 1 heteroatoms. The molecule has 0 saturated heterocycles. The summed E-state index contributed by atoms with van der Waals surface area (Å²) in [6.07, 6.45) is 3.37. The maximum Gasteiger partial charge on any atom is 0.0406 e. The Morgan fingerprint density at radius 1 is 1.00 bits per heavy atom. The largest absolute Gasteiger partial charge is 0.0843 e. The highest BCUT2D eigenvalue weighted by Gasteiger charge is 2.13. The fraction of sp³-hybridized carbons (Fsp3) is 0.125. The lowest BCUT2D eigenvalue weighted by atomic mass is 9.97. The molecule has 0 fully saturated rings. The molecular formula is C16H13Cl. The standard InChI is InChI=1S/C16H13Cl/c1-11-9-13-3-2-4-15(16(13)10-11)12-5-7-14(17)8-6-12/h2-8,10H,9H2,1H3. The van der Waals surface area contributed by atoms with Crippen molar-refractivity contribution < 1.29 is 0 Å². The zero-order chi connectivity index (χ0) is 11.8. The average molecular weight is 241 g/mol. The third-order valence-corrected chi connectivity index (χ3v) is 3.46. The molecule has 84 valence electrons. The Morgan fingerprint density at radius 2 is 1.76 bits per heavy atom. The van der Waals surface area contributed by atoms with Gasteiger partial charge in [0.1, 0.15) is 0 Å². The van der Waals surface area contributed by atoms with E-state index in [4.69, 9.17) is 11.6 Å². The van der Waals surface area contributed by atoms with Crippen molar-refractivity contribution in [1.82, 2.24) is 0 Å². The Balaban J connectivity index is 2.16. The van der Waals surface area contributed by atoms with E-state index in [2.05, 4.69) is 43.3 Å². The lowest BCUT2D eigenvalue weighted by Gasteiger charge is -2.07. The van der Waals surface area contributed by atoms with Crippen molar-refractivity contribution in [3.8, 4) is 11.1 Å². The van der Waals surface area contributed by atoms with Gasteiger partial charge in [0, 0.05) is 5.02 Å². The molecule has 0 amide bonds. The van der Waals surface area contributed by atoms with Crippen LogP contribution in [0, 0.1) is 0 Å². The minimum absolute atomic E-state index is 0.785. The molecule has 0 nitrogen and oxygen atoms in total. The van der Waals surface area contributed by atoms with E-state index >= 15 is 0 Å². The predicted molar refractivity (Wildman–Crippen MR) is 74.2 cm³/mol. The Kier molecular flexibility index (Phi) is 2.53. The highest BCUT2D eigenvalue weighted by Crippen LogP contribution is 2.34. The van der Waals surface area contributed by atoms with Crippen LogP contribution in [-0.4, -0.2) is 0 Å². The molecule has 2 aromatic carbocycles. The summed E-state index contributed by atoms with van der Waals surface area (Å²) in [5.41, 5.74) is 6.76. The number of hydrogen-bond donors (Lipinski definition) is 0. The topological polar surface area (TPSA) is 0 Å². The maximum absolute atomic E-state index is 5.93. The van der Waals surface area contributed by atoms with Crippen LogP contribution in [0.4, 0.5) is 0 Å². The minimum Gasteiger partial charge on any atom is -0.0843 e. The van der Waals surface area contributed by atoms with Crippen LogP contribution in [0.3, 0.4) is 0 Å². The second-order valence-corrected chi connectivity index (χ2v) is 4.99. The maximum atomic E-state index is 5.93. The summed E-state index contributed by atoms with van der Waals surface area (Å²) in [6, 6.07) is 14.6. The van der Waals surface area contributed by atoms with E-state index < -0.39 is 0 Å². The fourth-order valence-corrected chi connectivity index (χ4v) is 2.54. The zero-order valence-electron chi connectivity index (χ0n) is 9.70. The molecule has 0 aliphatic heterocycles. The van der Waals surface area contributed by atoms with E-state index in [0.29, 0.717) is 0 Å². The average Bonchev–Trinajstić information content (AvgIpc) is 2.70. The van der Waals surface area contributed by atoms with Crippen LogP contribution in [0.15, 0.2) is 48.0 Å². The van der Waals surface area contributed by atoms with Crippen molar-refractivity contribution >= 4 is 17.7 Å². The van der Waals surface area contributed by atoms with Crippen molar-refractivity contribution in [3.63, 3.8) is 0 Å². The van der Waals surface area contributed by atoms with E-state index in [9.17, 15) is 0 Å². The molecule has 0 N–H and O–H groups in total. The second kappa shape index (κ2) is 4.05. The molecule has 0 radical (unpaired) electrons. The lowest BCUT2D eigenvalue weighted by molar-refractivity contribution is 1.20. The van der Waals surface area contributed by atoms with E-state index in [1.807, 2.05) is 12.1 Å². The van der Waals surface area contributed by atoms with Crippen LogP contribution in [0.5, 0.6) is 0 Å². The van der Waals surface area contributed by atoms with Gasteiger partial charge in [0.25, 0.3) is 0 Å². The van der Waals surface area contributed by atoms with Gasteiger partial charge in [-0.1, -0.05) is 53.6 Å². The third kappa shape index (κ3) is 1.89. The van der Waals surface area contributed by atoms with Crippen LogP contribution in [-0.2, 0) is 6.42 Å². The second-order valence-electron chi connectivity index (χ2n) is 4.55. The summed E-state index contributed by atoms with van der Waals surface area (Å²) in [6.45, 7) is 2.19. The highest BCUT2D eigenvalue weighted by atomic mass is 35.5. The summed E-state index contributed by atoms with van der Waals surface area (Å²) in [4.78, 5) is 0. The van der Waals surface area contributed by atoms with Gasteiger partial charge in [0.15, 0.2) is 0 Å². The van der Waals surface area contributed by atoms with Gasteiger partial charge in [-0.2, -0.15) is 0 Å². The quantitative estimate of drug-likeness (QED) is 0.661. The molecule has 0 spiro atoms. The zero-order valence-corrected chi connectivity index (χ0v) is 10.5. The number of hydrogen-bond acceptors (Lipinski definition) is 0. The Hall–Kier alpha value is -1.53. The van der Waals surface area contributed by atoms with Crippen LogP contribution >= 0.6 is 11.6 Å². The number of benzene rings is 2. The van der Waals surface area contributed by atoms with Crippen molar-refractivity contribution in [2.75, 3.05) is 0 Å². The molecule has 17 heavy (non-hydrogen) atoms. The first-order valence-electron chi connectivity index (χ1n) is 5.79. The van der Waals surface area contributed by atoms with Crippen LogP contribution < -0.4 is 0 Å². The Morgan fingerprint density at radius 3 is 2.53 bits per heavy atom. The van der Waals surface area contributed by atoms with Gasteiger partial charge in [-0.05, 0) is 47.7 Å². The first kappa shape index (κ1) is 10.6. The molecule has 3 rings (SSSR count). The summed E-state index contributed by atoms with van der Waals surface area (Å²) in [5.74, 6) is 0. The first-order chi connectivity index (χ1) is 8.24. The Labute approximate surface area is 107 Å². The minimum atomic E-state index is 0.785. The van der Waals surface area contributed by atoms with Crippen molar-refractivity contribution in [3.05, 3.63) is 64.2 Å². The van der Waals surface area contributed by atoms with E-state index in [0.717, 1.165) is 11.4 Å². The van der Waals surface area contributed by atoms with Gasteiger partial charge < -0.3 is 0 Å². The van der Waals surface area contributed by atoms with Crippen LogP contribution in [0.1, 0.15) is 18.1 Å². The normalized spacial score (nSPS) is 13.4. The van der Waals surface area contributed by atoms with Crippen molar-refractivity contribution in [1.29, 1.82) is 0 Å². The molecule has 0 heterocycles. The summed E-state index contributed by atoms with van der Waals surface area (Å²) < 4.78 is 0. The Bertz CT molecular complexity index is 591. The van der Waals surface area contributed by atoms with E-state index in [1.54, 1.807) is 0 Å². The fourth-order valence-electron chi connectivity index (χ4n) is 2.42. The summed E-state index contributed by atoms with van der Waals surface area (Å²) >= 11 is 5.93. The smallest absolute Gasteiger partial charge is 0.0406 e. The molecule has 0 saturated carbocycles. The molecule has 2 aromatic rings. The molecule has 0 bridgehead atoms. The molecule has 0 atom stereocenters. The van der Waals surface area contributed by atoms with Gasteiger partial charge in [-0.15, -0.1) is 0 Å².